The van der Waals surface area contributed by atoms with Gasteiger partial charge in [0.2, 0.25) is 0 Å². The number of nitrogens with zero attached hydrogens (tertiary/aromatic N) is 1. The van der Waals surface area contributed by atoms with E-state index in [-0.39, 0.29) is 6.61 Å². The minimum absolute atomic E-state index is 0.212. The lowest BCUT2D eigenvalue weighted by molar-refractivity contribution is 0.289. The first-order valence-corrected chi connectivity index (χ1v) is 6.55. The van der Waals surface area contributed by atoms with Crippen LogP contribution in [0.15, 0.2) is 18.2 Å². The second-order valence-electron chi connectivity index (χ2n) is 3.77. The van der Waals surface area contributed by atoms with E-state index < -0.39 is 0 Å². The van der Waals surface area contributed by atoms with E-state index in [0.717, 1.165) is 23.5 Å². The monoisotopic (exact) mass is 251 g/mol. The summed E-state index contributed by atoms with van der Waals surface area (Å²) < 4.78 is 5.26. The lowest BCUT2D eigenvalue weighted by atomic mass is 10.1. The Labute approximate surface area is 106 Å². The maximum absolute atomic E-state index is 8.86. The van der Waals surface area contributed by atoms with E-state index in [0.29, 0.717) is 10.8 Å². The van der Waals surface area contributed by atoms with Crippen molar-refractivity contribution in [3.63, 3.8) is 0 Å². The molecule has 1 unspecified atom stereocenters. The van der Waals surface area contributed by atoms with Crippen LogP contribution in [0.3, 0.4) is 0 Å². The van der Waals surface area contributed by atoms with Gasteiger partial charge in [0, 0.05) is 23.2 Å². The first-order valence-electron chi connectivity index (χ1n) is 5.50. The van der Waals surface area contributed by atoms with Crippen LogP contribution in [0.1, 0.15) is 24.5 Å². The van der Waals surface area contributed by atoms with Crippen molar-refractivity contribution >= 4 is 11.8 Å². The van der Waals surface area contributed by atoms with Gasteiger partial charge in [0.1, 0.15) is 5.75 Å². The Bertz CT molecular complexity index is 401. The minimum Gasteiger partial charge on any atom is -0.496 e. The molecule has 0 radical (unpaired) electrons. The van der Waals surface area contributed by atoms with E-state index in [4.69, 9.17) is 15.1 Å². The lowest BCUT2D eigenvalue weighted by Crippen LogP contribution is -2.01. The SMILES string of the molecule is COc1ccc(C#N)cc1CSC(C)CCO. The molecule has 17 heavy (non-hydrogen) atoms. The number of methoxy groups -OCH3 is 1. The van der Waals surface area contributed by atoms with Crippen LogP contribution < -0.4 is 4.74 Å². The summed E-state index contributed by atoms with van der Waals surface area (Å²) in [6.45, 7) is 2.30. The maximum atomic E-state index is 8.86. The molecule has 0 saturated carbocycles. The highest BCUT2D eigenvalue weighted by Crippen LogP contribution is 2.27. The topological polar surface area (TPSA) is 53.2 Å². The molecule has 1 aromatic carbocycles. The van der Waals surface area contributed by atoms with Gasteiger partial charge in [-0.15, -0.1) is 0 Å². The van der Waals surface area contributed by atoms with Crippen molar-refractivity contribution in [3.05, 3.63) is 29.3 Å². The van der Waals surface area contributed by atoms with E-state index in [1.165, 1.54) is 0 Å². The van der Waals surface area contributed by atoms with E-state index in [2.05, 4.69) is 13.0 Å². The fourth-order valence-corrected chi connectivity index (χ4v) is 2.42. The third-order valence-electron chi connectivity index (χ3n) is 2.47. The largest absolute Gasteiger partial charge is 0.496 e. The quantitative estimate of drug-likeness (QED) is 0.844. The standard InChI is InChI=1S/C13H17NO2S/c1-10(5-6-15)17-9-12-7-11(8-14)3-4-13(12)16-2/h3-4,7,10,15H,5-6,9H2,1-2H3. The Morgan fingerprint density at radius 2 is 2.29 bits per heavy atom. The molecular weight excluding hydrogens is 234 g/mol. The maximum Gasteiger partial charge on any atom is 0.122 e. The zero-order valence-electron chi connectivity index (χ0n) is 10.1. The van der Waals surface area contributed by atoms with Crippen LogP contribution in [0.5, 0.6) is 5.75 Å². The van der Waals surface area contributed by atoms with Gasteiger partial charge in [-0.1, -0.05) is 6.92 Å². The Balaban J connectivity index is 2.71. The summed E-state index contributed by atoms with van der Waals surface area (Å²) in [4.78, 5) is 0. The first kappa shape index (κ1) is 13.9. The normalized spacial score (nSPS) is 11.9. The van der Waals surface area contributed by atoms with E-state index in [9.17, 15) is 0 Å². The Morgan fingerprint density at radius 1 is 1.53 bits per heavy atom. The minimum atomic E-state index is 0.212. The Kier molecular flexibility index (Phi) is 5.88. The van der Waals surface area contributed by atoms with Gasteiger partial charge < -0.3 is 9.84 Å². The van der Waals surface area contributed by atoms with Crippen LogP contribution >= 0.6 is 11.8 Å². The average Bonchev–Trinajstić information content (AvgIpc) is 2.36. The number of thioether (sulfide) groups is 1. The molecule has 0 fully saturated rings. The van der Waals surface area contributed by atoms with Gasteiger partial charge >= 0.3 is 0 Å². The third-order valence-corrected chi connectivity index (χ3v) is 3.75. The van der Waals surface area contributed by atoms with E-state index >= 15 is 0 Å². The molecule has 4 heteroatoms. The summed E-state index contributed by atoms with van der Waals surface area (Å²) >= 11 is 1.75. The number of ether oxygens (including phenoxy) is 1. The zero-order valence-corrected chi connectivity index (χ0v) is 11.0. The smallest absolute Gasteiger partial charge is 0.122 e. The number of aliphatic hydroxyl groups is 1. The van der Waals surface area contributed by atoms with Gasteiger partial charge in [-0.25, -0.2) is 0 Å². The predicted molar refractivity (Wildman–Crippen MR) is 70.2 cm³/mol. The van der Waals surface area contributed by atoms with Crippen molar-refractivity contribution in [1.29, 1.82) is 5.26 Å². The second-order valence-corrected chi connectivity index (χ2v) is 5.20. The molecule has 0 aromatic heterocycles. The summed E-state index contributed by atoms with van der Waals surface area (Å²) in [5.41, 5.74) is 1.68. The van der Waals surface area contributed by atoms with Crippen molar-refractivity contribution in [1.82, 2.24) is 0 Å². The Hall–Kier alpha value is -1.18. The number of hydrogen-bond donors (Lipinski definition) is 1. The molecule has 0 heterocycles. The number of rotatable bonds is 6. The van der Waals surface area contributed by atoms with Gasteiger partial charge in [-0.3, -0.25) is 0 Å². The van der Waals surface area contributed by atoms with Crippen molar-refractivity contribution in [2.75, 3.05) is 13.7 Å². The number of benzene rings is 1. The molecule has 0 saturated heterocycles. The fourth-order valence-electron chi connectivity index (χ4n) is 1.46. The molecule has 0 aliphatic rings. The van der Waals surface area contributed by atoms with Crippen LogP contribution in [-0.4, -0.2) is 24.1 Å². The highest BCUT2D eigenvalue weighted by molar-refractivity contribution is 7.99. The summed E-state index contributed by atoms with van der Waals surface area (Å²) in [5, 5.41) is 18.1. The molecule has 1 aromatic rings. The molecule has 3 nitrogen and oxygen atoms in total. The van der Waals surface area contributed by atoms with E-state index in [1.807, 2.05) is 12.1 Å². The second kappa shape index (κ2) is 7.21. The molecule has 0 aliphatic heterocycles. The zero-order chi connectivity index (χ0) is 12.7. The lowest BCUT2D eigenvalue weighted by Gasteiger charge is -2.12. The Morgan fingerprint density at radius 3 is 2.88 bits per heavy atom. The number of hydrogen-bond acceptors (Lipinski definition) is 4. The summed E-state index contributed by atoms with van der Waals surface area (Å²) in [5.74, 6) is 1.60. The molecule has 1 atom stereocenters. The van der Waals surface area contributed by atoms with Gasteiger partial charge in [0.05, 0.1) is 18.7 Å². The number of aliphatic hydroxyl groups excluding tert-OH is 1. The molecular formula is C13H17NO2S. The molecule has 1 rings (SSSR count). The van der Waals surface area contributed by atoms with E-state index in [1.54, 1.807) is 24.9 Å². The fraction of sp³-hybridized carbons (Fsp3) is 0.462. The highest BCUT2D eigenvalue weighted by Gasteiger charge is 2.07. The third kappa shape index (κ3) is 4.29. The molecule has 0 spiro atoms. The van der Waals surface area contributed by atoms with Crippen molar-refractivity contribution in [3.8, 4) is 11.8 Å². The van der Waals surface area contributed by atoms with Crippen LogP contribution in [0, 0.1) is 11.3 Å². The average molecular weight is 251 g/mol. The highest BCUT2D eigenvalue weighted by atomic mass is 32.2. The molecule has 0 amide bonds. The molecule has 1 N–H and O–H groups in total. The van der Waals surface area contributed by atoms with Crippen LogP contribution in [0.4, 0.5) is 0 Å². The molecule has 0 aliphatic carbocycles. The predicted octanol–water partition coefficient (Wildman–Crippen LogP) is 2.57. The van der Waals surface area contributed by atoms with Gasteiger partial charge in [-0.2, -0.15) is 17.0 Å². The summed E-state index contributed by atoms with van der Waals surface area (Å²) in [6, 6.07) is 7.56. The van der Waals surface area contributed by atoms with Gasteiger partial charge in [0.25, 0.3) is 0 Å². The van der Waals surface area contributed by atoms with Crippen molar-refractivity contribution in [2.45, 2.75) is 24.3 Å². The van der Waals surface area contributed by atoms with Crippen LogP contribution in [0.25, 0.3) is 0 Å². The van der Waals surface area contributed by atoms with Gasteiger partial charge in [-0.05, 0) is 24.6 Å². The van der Waals surface area contributed by atoms with Crippen LogP contribution in [0.2, 0.25) is 0 Å². The molecule has 0 bridgehead atoms. The van der Waals surface area contributed by atoms with Crippen molar-refractivity contribution < 1.29 is 9.84 Å². The van der Waals surface area contributed by atoms with Gasteiger partial charge in [0.15, 0.2) is 0 Å². The van der Waals surface area contributed by atoms with Crippen molar-refractivity contribution in [2.24, 2.45) is 0 Å². The summed E-state index contributed by atoms with van der Waals surface area (Å²) in [7, 11) is 1.63. The summed E-state index contributed by atoms with van der Waals surface area (Å²) in [6.07, 6.45) is 0.783. The van der Waals surface area contributed by atoms with Crippen LogP contribution in [-0.2, 0) is 5.75 Å². The first-order chi connectivity index (χ1) is 8.21. The molecule has 92 valence electrons. The number of nitriles is 1.